The first-order valence-corrected chi connectivity index (χ1v) is 9.71. The first-order valence-electron chi connectivity index (χ1n) is 9.71. The maximum absolute atomic E-state index is 15.2. The van der Waals surface area contributed by atoms with Gasteiger partial charge in [0.15, 0.2) is 0 Å². The van der Waals surface area contributed by atoms with Crippen LogP contribution in [0.1, 0.15) is 52.2 Å². The Morgan fingerprint density at radius 3 is 2.63 bits per heavy atom. The minimum atomic E-state index is -1.25. The zero-order chi connectivity index (χ0) is 21.0. The number of benzene rings is 1. The van der Waals surface area contributed by atoms with Gasteiger partial charge in [-0.15, -0.1) is 0 Å². The van der Waals surface area contributed by atoms with Crippen LogP contribution in [0.5, 0.6) is 0 Å². The number of nitrogens with zero attached hydrogens (tertiary/aromatic N) is 4. The van der Waals surface area contributed by atoms with E-state index in [9.17, 15) is 14.0 Å². The lowest BCUT2D eigenvalue weighted by Gasteiger charge is -2.35. The molecule has 9 heteroatoms. The Morgan fingerprint density at radius 1 is 1.33 bits per heavy atom. The van der Waals surface area contributed by atoms with Gasteiger partial charge >= 0.3 is 0 Å². The first kappa shape index (κ1) is 18.6. The molecule has 2 aromatic rings. The van der Waals surface area contributed by atoms with Crippen molar-refractivity contribution in [1.82, 2.24) is 14.9 Å². The third-order valence-electron chi connectivity index (χ3n) is 6.03. The maximum atomic E-state index is 15.2. The van der Waals surface area contributed by atoms with Gasteiger partial charge in [-0.1, -0.05) is 6.07 Å². The summed E-state index contributed by atoms with van der Waals surface area (Å²) in [5, 5.41) is 11.2. The third kappa shape index (κ3) is 2.91. The number of carbonyl (C=O) groups is 2. The van der Waals surface area contributed by atoms with Crippen molar-refractivity contribution in [2.45, 2.75) is 36.8 Å². The Bertz CT molecular complexity index is 1110. The molecule has 1 aromatic heterocycles. The van der Waals surface area contributed by atoms with Gasteiger partial charge in [0.2, 0.25) is 11.9 Å². The molecule has 1 spiro atoms. The number of anilines is 1. The van der Waals surface area contributed by atoms with E-state index >= 15 is 4.39 Å². The summed E-state index contributed by atoms with van der Waals surface area (Å²) in [6.07, 6.45) is 3.21. The molecule has 152 valence electrons. The number of alkyl halides is 1. The van der Waals surface area contributed by atoms with Crippen molar-refractivity contribution in [3.63, 3.8) is 0 Å². The van der Waals surface area contributed by atoms with E-state index in [1.165, 1.54) is 17.3 Å². The summed E-state index contributed by atoms with van der Waals surface area (Å²) < 4.78 is 29.7. The third-order valence-corrected chi connectivity index (χ3v) is 6.03. The van der Waals surface area contributed by atoms with Gasteiger partial charge in [0.1, 0.15) is 24.6 Å². The van der Waals surface area contributed by atoms with Crippen molar-refractivity contribution in [2.75, 3.05) is 18.4 Å². The second-order valence-corrected chi connectivity index (χ2v) is 8.11. The van der Waals surface area contributed by atoms with E-state index in [1.54, 1.807) is 12.1 Å². The van der Waals surface area contributed by atoms with Crippen molar-refractivity contribution in [3.8, 4) is 6.07 Å². The van der Waals surface area contributed by atoms with E-state index in [4.69, 9.17) is 5.26 Å². The molecule has 3 aliphatic rings. The summed E-state index contributed by atoms with van der Waals surface area (Å²) in [6.45, 7) is -0.380. The van der Waals surface area contributed by atoms with E-state index in [1.807, 2.05) is 6.07 Å². The number of amides is 2. The van der Waals surface area contributed by atoms with E-state index in [0.29, 0.717) is 5.56 Å². The summed E-state index contributed by atoms with van der Waals surface area (Å²) in [5.41, 5.74) is 0.0307. The standard InChI is InChI=1S/C21H17F2N5O2/c22-15-5-21(15)10-28(9-16(29)27-20-25-7-11(6-24)8-26-20)19(30)14-4-3-13(12-1-2-12)18(23)17(14)21/h3-4,7-8,12,15H,1-2,5,9-10H2,(H,25,26,27,29)/t15-,21?/m0/s1. The first-order chi connectivity index (χ1) is 14.4. The van der Waals surface area contributed by atoms with Gasteiger partial charge in [0.25, 0.3) is 5.91 Å². The van der Waals surface area contributed by atoms with Crippen LogP contribution in [0.25, 0.3) is 0 Å². The quantitative estimate of drug-likeness (QED) is 0.836. The van der Waals surface area contributed by atoms with Crippen LogP contribution in [0.4, 0.5) is 14.7 Å². The number of hydrogen-bond acceptors (Lipinski definition) is 5. The number of hydrogen-bond donors (Lipinski definition) is 1. The fourth-order valence-electron chi connectivity index (χ4n) is 4.23. The molecule has 2 fully saturated rings. The van der Waals surface area contributed by atoms with Gasteiger partial charge in [-0.05, 0) is 36.8 Å². The zero-order valence-corrected chi connectivity index (χ0v) is 15.9. The normalized spacial score (nSPS) is 24.4. The minimum absolute atomic E-state index is 0.00604. The molecular weight excluding hydrogens is 392 g/mol. The van der Waals surface area contributed by atoms with Crippen LogP contribution in [0.15, 0.2) is 24.5 Å². The second kappa shape index (κ2) is 6.55. The number of nitrogens with one attached hydrogen (secondary N) is 1. The summed E-state index contributed by atoms with van der Waals surface area (Å²) in [6, 6.07) is 5.05. The van der Waals surface area contributed by atoms with Crippen LogP contribution in [0.2, 0.25) is 0 Å². The molecule has 0 saturated heterocycles. The van der Waals surface area contributed by atoms with Gasteiger partial charge in [-0.2, -0.15) is 5.26 Å². The summed E-state index contributed by atoms with van der Waals surface area (Å²) in [5.74, 6) is -1.37. The average Bonchev–Trinajstić information content (AvgIpc) is 3.65. The van der Waals surface area contributed by atoms with Crippen molar-refractivity contribution in [1.29, 1.82) is 5.26 Å². The number of fused-ring (bicyclic) bond motifs is 2. The molecule has 1 aromatic carbocycles. The van der Waals surface area contributed by atoms with Crippen LogP contribution in [-0.2, 0) is 10.2 Å². The van der Waals surface area contributed by atoms with Crippen molar-refractivity contribution < 1.29 is 18.4 Å². The van der Waals surface area contributed by atoms with Crippen LogP contribution in [0, 0.1) is 17.1 Å². The zero-order valence-electron chi connectivity index (χ0n) is 15.9. The predicted octanol–water partition coefficient (Wildman–Crippen LogP) is 2.44. The summed E-state index contributed by atoms with van der Waals surface area (Å²) >= 11 is 0. The molecule has 1 N–H and O–H groups in total. The summed E-state index contributed by atoms with van der Waals surface area (Å²) in [7, 11) is 0. The average molecular weight is 409 g/mol. The molecule has 2 saturated carbocycles. The number of halogens is 2. The second-order valence-electron chi connectivity index (χ2n) is 8.11. The van der Waals surface area contributed by atoms with Crippen molar-refractivity contribution in [3.05, 3.63) is 52.6 Å². The highest BCUT2D eigenvalue weighted by molar-refractivity contribution is 6.01. The van der Waals surface area contributed by atoms with Crippen molar-refractivity contribution >= 4 is 17.8 Å². The van der Waals surface area contributed by atoms with E-state index in [0.717, 1.165) is 12.8 Å². The molecule has 2 atom stereocenters. The highest BCUT2D eigenvalue weighted by Crippen LogP contribution is 2.56. The Labute approximate surface area is 170 Å². The van der Waals surface area contributed by atoms with Gasteiger partial charge in [0, 0.05) is 17.7 Å². The van der Waals surface area contributed by atoms with E-state index in [2.05, 4.69) is 15.3 Å². The van der Waals surface area contributed by atoms with Crippen LogP contribution in [-0.4, -0.2) is 45.9 Å². The molecule has 0 bridgehead atoms. The largest absolute Gasteiger partial charge is 0.328 e. The van der Waals surface area contributed by atoms with Gasteiger partial charge in [-0.3, -0.25) is 14.9 Å². The van der Waals surface area contributed by atoms with E-state index in [-0.39, 0.29) is 48.1 Å². The highest BCUT2D eigenvalue weighted by Gasteiger charge is 2.62. The fourth-order valence-corrected chi connectivity index (χ4v) is 4.23. The molecule has 30 heavy (non-hydrogen) atoms. The van der Waals surface area contributed by atoms with Crippen LogP contribution < -0.4 is 5.32 Å². The van der Waals surface area contributed by atoms with Gasteiger partial charge in [-0.25, -0.2) is 18.7 Å². The number of carbonyl (C=O) groups excluding carboxylic acids is 2. The molecule has 5 rings (SSSR count). The fraction of sp³-hybridized carbons (Fsp3) is 0.381. The Balaban J connectivity index is 1.39. The lowest BCUT2D eigenvalue weighted by Crippen LogP contribution is -2.48. The highest BCUT2D eigenvalue weighted by atomic mass is 19.1. The molecule has 2 amide bonds. The van der Waals surface area contributed by atoms with Crippen LogP contribution in [0.3, 0.4) is 0 Å². The molecule has 1 unspecified atom stereocenters. The SMILES string of the molecule is N#Cc1cnc(NC(=O)CN2CC3(C[C@@H]3F)c3c(ccc(C4CC4)c3F)C2=O)nc1. The lowest BCUT2D eigenvalue weighted by molar-refractivity contribution is -0.117. The van der Waals surface area contributed by atoms with E-state index < -0.39 is 29.2 Å². The molecule has 1 aliphatic heterocycles. The minimum Gasteiger partial charge on any atom is -0.328 e. The Hall–Kier alpha value is -3.41. The lowest BCUT2D eigenvalue weighted by atomic mass is 9.83. The molecule has 0 radical (unpaired) electrons. The monoisotopic (exact) mass is 409 g/mol. The predicted molar refractivity (Wildman–Crippen MR) is 101 cm³/mol. The van der Waals surface area contributed by atoms with Crippen molar-refractivity contribution in [2.24, 2.45) is 0 Å². The number of rotatable bonds is 4. The number of nitriles is 1. The number of aromatic nitrogens is 2. The summed E-state index contributed by atoms with van der Waals surface area (Å²) in [4.78, 5) is 34.3. The molecule has 2 aliphatic carbocycles. The maximum Gasteiger partial charge on any atom is 0.254 e. The topological polar surface area (TPSA) is 99.0 Å². The smallest absolute Gasteiger partial charge is 0.254 e. The van der Waals surface area contributed by atoms with Crippen LogP contribution >= 0.6 is 0 Å². The molecule has 2 heterocycles. The van der Waals surface area contributed by atoms with Gasteiger partial charge < -0.3 is 4.90 Å². The Morgan fingerprint density at radius 2 is 2.03 bits per heavy atom. The molecular formula is C21H17F2N5O2. The Kier molecular flexibility index (Phi) is 4.07. The van der Waals surface area contributed by atoms with Gasteiger partial charge in [0.05, 0.1) is 23.4 Å². The molecule has 7 nitrogen and oxygen atoms in total.